The number of carbonyl (C=O) groups excluding carboxylic acids is 1. The molecule has 0 radical (unpaired) electrons. The standard InChI is InChI=1S/C10H10O3/c11-7-9(10(12)13)6-8-4-2-1-3-5-8/h1-5,7,9H,6H2,(H,12,13). The Morgan fingerprint density at radius 3 is 2.46 bits per heavy atom. The van der Waals surface area contributed by atoms with Crippen molar-refractivity contribution in [1.29, 1.82) is 0 Å². The van der Waals surface area contributed by atoms with Crippen molar-refractivity contribution < 1.29 is 14.7 Å². The number of aliphatic carboxylic acids is 1. The molecule has 0 aliphatic rings. The predicted molar refractivity (Wildman–Crippen MR) is 47.3 cm³/mol. The molecule has 1 unspecified atom stereocenters. The third-order valence-electron chi connectivity index (χ3n) is 1.78. The molecule has 0 aromatic heterocycles. The summed E-state index contributed by atoms with van der Waals surface area (Å²) < 4.78 is 0. The molecule has 0 saturated heterocycles. The molecule has 68 valence electrons. The molecule has 0 fully saturated rings. The molecule has 0 bridgehead atoms. The van der Waals surface area contributed by atoms with E-state index in [0.29, 0.717) is 6.29 Å². The molecular formula is C10H10O3. The van der Waals surface area contributed by atoms with Gasteiger partial charge in [0.15, 0.2) is 0 Å². The van der Waals surface area contributed by atoms with E-state index in [1.807, 2.05) is 18.2 Å². The van der Waals surface area contributed by atoms with Gasteiger partial charge >= 0.3 is 5.97 Å². The van der Waals surface area contributed by atoms with Crippen LogP contribution in [0.25, 0.3) is 0 Å². The minimum atomic E-state index is -1.07. The van der Waals surface area contributed by atoms with Gasteiger partial charge in [0.25, 0.3) is 0 Å². The van der Waals surface area contributed by atoms with Crippen LogP contribution in [0.4, 0.5) is 0 Å². The summed E-state index contributed by atoms with van der Waals surface area (Å²) in [7, 11) is 0. The van der Waals surface area contributed by atoms with Crippen LogP contribution in [-0.2, 0) is 16.0 Å². The Balaban J connectivity index is 2.67. The SMILES string of the molecule is O=CC(Cc1ccccc1)C(=O)O. The summed E-state index contributed by atoms with van der Waals surface area (Å²) >= 11 is 0. The average molecular weight is 178 g/mol. The Hall–Kier alpha value is -1.64. The van der Waals surface area contributed by atoms with Crippen molar-refractivity contribution in [3.8, 4) is 0 Å². The number of carbonyl (C=O) groups is 2. The molecule has 3 heteroatoms. The van der Waals surface area contributed by atoms with Crippen LogP contribution < -0.4 is 0 Å². The predicted octanol–water partition coefficient (Wildman–Crippen LogP) is 1.13. The minimum Gasteiger partial charge on any atom is -0.481 e. The van der Waals surface area contributed by atoms with Crippen LogP contribution in [0.5, 0.6) is 0 Å². The van der Waals surface area contributed by atoms with E-state index in [4.69, 9.17) is 5.11 Å². The van der Waals surface area contributed by atoms with Crippen LogP contribution in [0.15, 0.2) is 30.3 Å². The Morgan fingerprint density at radius 2 is 2.00 bits per heavy atom. The second-order valence-electron chi connectivity index (χ2n) is 2.77. The Kier molecular flexibility index (Phi) is 3.20. The van der Waals surface area contributed by atoms with Gasteiger partial charge in [-0.25, -0.2) is 0 Å². The van der Waals surface area contributed by atoms with Crippen molar-refractivity contribution in [3.63, 3.8) is 0 Å². The molecule has 0 spiro atoms. The lowest BCUT2D eigenvalue weighted by molar-refractivity contribution is -0.143. The second kappa shape index (κ2) is 4.40. The summed E-state index contributed by atoms with van der Waals surface area (Å²) in [6.45, 7) is 0. The maximum absolute atomic E-state index is 10.5. The monoisotopic (exact) mass is 178 g/mol. The van der Waals surface area contributed by atoms with E-state index in [1.54, 1.807) is 12.1 Å². The van der Waals surface area contributed by atoms with Crippen LogP contribution in [0, 0.1) is 5.92 Å². The van der Waals surface area contributed by atoms with Crippen molar-refractivity contribution in [2.45, 2.75) is 6.42 Å². The summed E-state index contributed by atoms with van der Waals surface area (Å²) in [5, 5.41) is 8.60. The van der Waals surface area contributed by atoms with Gasteiger partial charge in [-0.2, -0.15) is 0 Å². The van der Waals surface area contributed by atoms with E-state index < -0.39 is 11.9 Å². The van der Waals surface area contributed by atoms with Crippen LogP contribution in [-0.4, -0.2) is 17.4 Å². The molecular weight excluding hydrogens is 168 g/mol. The van der Waals surface area contributed by atoms with Crippen molar-refractivity contribution in [3.05, 3.63) is 35.9 Å². The van der Waals surface area contributed by atoms with Crippen LogP contribution in [0.2, 0.25) is 0 Å². The van der Waals surface area contributed by atoms with E-state index in [-0.39, 0.29) is 6.42 Å². The van der Waals surface area contributed by atoms with Gasteiger partial charge in [0.1, 0.15) is 12.2 Å². The molecule has 0 amide bonds. The first-order chi connectivity index (χ1) is 6.24. The fourth-order valence-electron chi connectivity index (χ4n) is 1.06. The third kappa shape index (κ3) is 2.71. The molecule has 3 nitrogen and oxygen atoms in total. The first kappa shape index (κ1) is 9.45. The van der Waals surface area contributed by atoms with Gasteiger partial charge < -0.3 is 9.90 Å². The molecule has 1 atom stereocenters. The minimum absolute atomic E-state index is 0.264. The van der Waals surface area contributed by atoms with Gasteiger partial charge in [-0.05, 0) is 12.0 Å². The van der Waals surface area contributed by atoms with E-state index in [0.717, 1.165) is 5.56 Å². The quantitative estimate of drug-likeness (QED) is 0.555. The summed E-state index contributed by atoms with van der Waals surface area (Å²) in [6.07, 6.45) is 0.731. The number of rotatable bonds is 4. The van der Waals surface area contributed by atoms with Crippen molar-refractivity contribution in [1.82, 2.24) is 0 Å². The van der Waals surface area contributed by atoms with Crippen molar-refractivity contribution in [2.24, 2.45) is 5.92 Å². The molecule has 0 heterocycles. The van der Waals surface area contributed by atoms with Gasteiger partial charge in [0, 0.05) is 0 Å². The summed E-state index contributed by atoms with van der Waals surface area (Å²) in [6, 6.07) is 9.09. The average Bonchev–Trinajstić information content (AvgIpc) is 2.15. The Morgan fingerprint density at radius 1 is 1.38 bits per heavy atom. The van der Waals surface area contributed by atoms with Crippen molar-refractivity contribution >= 4 is 12.3 Å². The van der Waals surface area contributed by atoms with Gasteiger partial charge in [0.2, 0.25) is 0 Å². The third-order valence-corrected chi connectivity index (χ3v) is 1.78. The molecule has 0 aliphatic carbocycles. The molecule has 1 N–H and O–H groups in total. The highest BCUT2D eigenvalue weighted by molar-refractivity contribution is 5.86. The number of carboxylic acids is 1. The van der Waals surface area contributed by atoms with Crippen LogP contribution in [0.3, 0.4) is 0 Å². The number of hydrogen-bond donors (Lipinski definition) is 1. The lowest BCUT2D eigenvalue weighted by atomic mass is 10.0. The molecule has 0 saturated carbocycles. The maximum atomic E-state index is 10.5. The van der Waals surface area contributed by atoms with Gasteiger partial charge in [-0.15, -0.1) is 0 Å². The zero-order chi connectivity index (χ0) is 9.68. The van der Waals surface area contributed by atoms with Crippen molar-refractivity contribution in [2.75, 3.05) is 0 Å². The smallest absolute Gasteiger partial charge is 0.314 e. The van der Waals surface area contributed by atoms with Crippen LogP contribution in [0.1, 0.15) is 5.56 Å². The number of carboxylic acid groups (broad SMARTS) is 1. The van der Waals surface area contributed by atoms with Gasteiger partial charge in [-0.3, -0.25) is 4.79 Å². The molecule has 0 aliphatic heterocycles. The molecule has 13 heavy (non-hydrogen) atoms. The normalized spacial score (nSPS) is 12.0. The fourth-order valence-corrected chi connectivity index (χ4v) is 1.06. The zero-order valence-corrected chi connectivity index (χ0v) is 7.01. The van der Waals surface area contributed by atoms with E-state index in [9.17, 15) is 9.59 Å². The maximum Gasteiger partial charge on any atom is 0.314 e. The fraction of sp³-hybridized carbons (Fsp3) is 0.200. The highest BCUT2D eigenvalue weighted by Crippen LogP contribution is 2.06. The largest absolute Gasteiger partial charge is 0.481 e. The highest BCUT2D eigenvalue weighted by Gasteiger charge is 2.16. The number of aldehydes is 1. The Bertz CT molecular complexity index is 292. The first-order valence-corrected chi connectivity index (χ1v) is 3.96. The summed E-state index contributed by atoms with van der Waals surface area (Å²) in [4.78, 5) is 20.9. The van der Waals surface area contributed by atoms with Gasteiger partial charge in [-0.1, -0.05) is 30.3 Å². The lowest BCUT2D eigenvalue weighted by Crippen LogP contribution is -2.17. The molecule has 1 aromatic rings. The number of hydrogen-bond acceptors (Lipinski definition) is 2. The second-order valence-corrected chi connectivity index (χ2v) is 2.77. The lowest BCUT2D eigenvalue weighted by Gasteiger charge is -2.03. The topological polar surface area (TPSA) is 54.4 Å². The van der Waals surface area contributed by atoms with E-state index >= 15 is 0 Å². The first-order valence-electron chi connectivity index (χ1n) is 3.96. The van der Waals surface area contributed by atoms with Gasteiger partial charge in [0.05, 0.1) is 0 Å². The van der Waals surface area contributed by atoms with E-state index in [2.05, 4.69) is 0 Å². The summed E-state index contributed by atoms with van der Waals surface area (Å²) in [5.74, 6) is -2.00. The van der Waals surface area contributed by atoms with E-state index in [1.165, 1.54) is 0 Å². The zero-order valence-electron chi connectivity index (χ0n) is 7.01. The summed E-state index contributed by atoms with van der Waals surface area (Å²) in [5.41, 5.74) is 0.863. The molecule has 1 aromatic carbocycles. The Labute approximate surface area is 76.0 Å². The highest BCUT2D eigenvalue weighted by atomic mass is 16.4. The number of benzene rings is 1. The molecule has 1 rings (SSSR count). The van der Waals surface area contributed by atoms with Crippen LogP contribution >= 0.6 is 0 Å².